The van der Waals surface area contributed by atoms with Crippen LogP contribution in [0.25, 0.3) is 32.7 Å². The van der Waals surface area contributed by atoms with Crippen molar-refractivity contribution in [2.75, 3.05) is 139 Å². The lowest BCUT2D eigenvalue weighted by Gasteiger charge is -2.48. The number of anilines is 9. The minimum Gasteiger partial charge on any atom is -0.494 e. The van der Waals surface area contributed by atoms with Gasteiger partial charge in [-0.05, 0) is 187 Å². The summed E-state index contributed by atoms with van der Waals surface area (Å²) in [5.41, 5.74) is 7.84. The van der Waals surface area contributed by atoms with Crippen molar-refractivity contribution in [2.24, 2.45) is 16.2 Å². The second-order valence-corrected chi connectivity index (χ2v) is 28.8. The fourth-order valence-electron chi connectivity index (χ4n) is 14.1. The second-order valence-electron chi connectivity index (χ2n) is 28.4. The summed E-state index contributed by atoms with van der Waals surface area (Å²) >= 11 is 5.91. The van der Waals surface area contributed by atoms with Crippen molar-refractivity contribution in [3.05, 3.63) is 180 Å². The molecule has 6 aliphatic rings. The number of amides is 3. The monoisotopic (exact) mass is 1490 g/mol. The molecule has 1 aliphatic carbocycles. The topological polar surface area (TPSA) is 257 Å². The summed E-state index contributed by atoms with van der Waals surface area (Å²) in [6, 6.07) is 24.4. The zero-order valence-corrected chi connectivity index (χ0v) is 61.3. The van der Waals surface area contributed by atoms with Gasteiger partial charge in [-0.1, -0.05) is 37.3 Å². The molecule has 8 heterocycles. The maximum atomic E-state index is 13.7. The van der Waals surface area contributed by atoms with Crippen LogP contribution in [-0.4, -0.2) is 169 Å². The standard InChI is InChI=1S/C27H30FN5O3.C27H30FN5O2.C26H27ClFN5O3.CH4/c1-18-11-19(6-7-21(18)28)31-26-20-12-23(24(35-2)13-22(20)29-17-30-26)32-25(34)5-3-9-33-10-4-8-27(14-33)15-36-16-27;1-18-14-19(5-6-21(18)28)31-26-20-15-23(24(35-2)16-22(20)29-17-30-26)32-25(34)4-3-11-33-12-9-27(7-8-27)10-13-33;1-35-23-13-21-18(25(30-16-29-21)31-17-4-5-20(28)19(27)11-17)12-22(23)32-24(34)3-2-8-33-9-6-26(7-10-33)14-36-15-26;/h3,5-7,11-13,17H,4,8-10,14-16H2,1-2H3,(H,32,34)(H,29,30,31);3-6,14-17H,7-13H2,1-2H3,(H,32,34)(H,29,30,31);2-5,11-13,16H,6-10,14-15H2,1H3,(H,32,34)(H,29,30,31);1H4/b5-3+;4-3+;3-2+;. The fourth-order valence-corrected chi connectivity index (χ4v) is 14.3. The van der Waals surface area contributed by atoms with E-state index in [0.29, 0.717) is 129 Å². The van der Waals surface area contributed by atoms with Gasteiger partial charge in [0, 0.05) is 107 Å². The van der Waals surface area contributed by atoms with Gasteiger partial charge in [-0.15, -0.1) is 0 Å². The molecule has 5 aliphatic heterocycles. The molecule has 3 amide bonds. The number of methoxy groups -OCH3 is 3. The Bertz CT molecular complexity index is 4840. The number of benzene rings is 6. The molecule has 6 fully saturated rings. The molecule has 15 rings (SSSR count). The Morgan fingerprint density at radius 1 is 0.463 bits per heavy atom. The zero-order chi connectivity index (χ0) is 74.7. The summed E-state index contributed by atoms with van der Waals surface area (Å²) < 4.78 is 68.2. The average Bonchev–Trinajstić information content (AvgIpc) is 1.30. The highest BCUT2D eigenvalue weighted by Gasteiger charge is 2.45. The van der Waals surface area contributed by atoms with Crippen LogP contribution in [0.3, 0.4) is 0 Å². The average molecular weight is 1500 g/mol. The molecular weight excluding hydrogens is 1400 g/mol. The molecule has 0 unspecified atom stereocenters. The van der Waals surface area contributed by atoms with E-state index < -0.39 is 5.82 Å². The fraction of sp³-hybridized carbons (Fsp3) is 0.370. The van der Waals surface area contributed by atoms with Gasteiger partial charge in [-0.25, -0.2) is 43.1 Å². The van der Waals surface area contributed by atoms with E-state index in [4.69, 9.17) is 35.3 Å². The van der Waals surface area contributed by atoms with Gasteiger partial charge in [0.2, 0.25) is 17.7 Å². The van der Waals surface area contributed by atoms with Crippen LogP contribution in [0.4, 0.5) is 64.7 Å². The number of carbonyl (C=O) groups is 3. The van der Waals surface area contributed by atoms with Crippen LogP contribution < -0.4 is 46.1 Å². The SMILES string of the molecule is C.COc1cc2ncnc(Nc3ccc(F)c(C)c3)c2cc1NC(=O)/C=C/CN1CCC2(CC1)CC2.COc1cc2ncnc(Nc3ccc(F)c(C)c3)c2cc1NC(=O)/C=C/CN1CCCC2(COC2)C1.COc1cc2ncnc(Nc3ccc(F)c(Cl)c3)c2cc1NC(=O)/C=C/CN1CCC2(CC1)COC2. The first-order valence-electron chi connectivity index (χ1n) is 35.9. The molecule has 0 bridgehead atoms. The third kappa shape index (κ3) is 19.1. The van der Waals surface area contributed by atoms with Crippen molar-refractivity contribution >= 4 is 114 Å². The van der Waals surface area contributed by atoms with Gasteiger partial charge in [0.05, 0.1) is 86.4 Å². The first-order valence-corrected chi connectivity index (χ1v) is 36.2. The largest absolute Gasteiger partial charge is 0.494 e. The van der Waals surface area contributed by atoms with Crippen LogP contribution in [0, 0.1) is 47.5 Å². The van der Waals surface area contributed by atoms with Crippen LogP contribution in [-0.2, 0) is 23.9 Å². The maximum Gasteiger partial charge on any atom is 0.248 e. The van der Waals surface area contributed by atoms with Gasteiger partial charge >= 0.3 is 0 Å². The number of carbonyl (C=O) groups excluding carboxylic acids is 3. The number of piperidine rings is 3. The van der Waals surface area contributed by atoms with Crippen molar-refractivity contribution in [1.82, 2.24) is 44.6 Å². The number of ether oxygens (including phenoxy) is 5. The van der Waals surface area contributed by atoms with Crippen molar-refractivity contribution < 1.29 is 51.2 Å². The summed E-state index contributed by atoms with van der Waals surface area (Å²) in [4.78, 5) is 71.2. The van der Waals surface area contributed by atoms with E-state index in [1.54, 1.807) is 113 Å². The number of hydrogen-bond acceptors (Lipinski definition) is 20. The summed E-state index contributed by atoms with van der Waals surface area (Å²) in [5, 5.41) is 20.4. The van der Waals surface area contributed by atoms with E-state index in [9.17, 15) is 27.6 Å². The summed E-state index contributed by atoms with van der Waals surface area (Å²) in [6.07, 6.45) is 24.7. The number of rotatable bonds is 21. The summed E-state index contributed by atoms with van der Waals surface area (Å²) in [5.74, 6) is 1.28. The van der Waals surface area contributed by atoms with E-state index >= 15 is 0 Å². The van der Waals surface area contributed by atoms with Crippen molar-refractivity contribution in [3.8, 4) is 17.2 Å². The molecule has 6 aromatic carbocycles. The zero-order valence-electron chi connectivity index (χ0n) is 60.5. The van der Waals surface area contributed by atoms with Crippen LogP contribution in [0.15, 0.2) is 146 Å². The van der Waals surface area contributed by atoms with Gasteiger partial charge in [-0.2, -0.15) is 0 Å². The minimum absolute atomic E-state index is 0. The molecule has 23 nitrogen and oxygen atoms in total. The lowest BCUT2D eigenvalue weighted by molar-refractivity contribution is -0.142. The van der Waals surface area contributed by atoms with Crippen molar-refractivity contribution in [2.45, 2.75) is 72.6 Å². The van der Waals surface area contributed by atoms with E-state index in [1.807, 2.05) is 18.2 Å². The van der Waals surface area contributed by atoms with Gasteiger partial charge in [-0.3, -0.25) is 29.1 Å². The smallest absolute Gasteiger partial charge is 0.248 e. The Kier molecular flexibility index (Phi) is 24.8. The Morgan fingerprint density at radius 3 is 1.19 bits per heavy atom. The number of fused-ring (bicyclic) bond motifs is 3. The normalized spacial score (nSPS) is 17.1. The Morgan fingerprint density at radius 2 is 0.833 bits per heavy atom. The van der Waals surface area contributed by atoms with Crippen LogP contribution in [0.5, 0.6) is 17.2 Å². The Labute approximate surface area is 631 Å². The Balaban J connectivity index is 0.000000151. The van der Waals surface area contributed by atoms with E-state index in [-0.39, 0.29) is 41.8 Å². The third-order valence-electron chi connectivity index (χ3n) is 20.7. The third-order valence-corrected chi connectivity index (χ3v) is 21.0. The molecule has 3 aromatic heterocycles. The van der Waals surface area contributed by atoms with Gasteiger partial charge in [0.15, 0.2) is 0 Å². The highest BCUT2D eigenvalue weighted by Crippen LogP contribution is 2.53. The molecule has 0 radical (unpaired) electrons. The number of nitrogens with one attached hydrogen (secondary N) is 6. The van der Waals surface area contributed by atoms with Gasteiger partial charge < -0.3 is 55.6 Å². The summed E-state index contributed by atoms with van der Waals surface area (Å²) in [7, 11) is 4.63. The van der Waals surface area contributed by atoms with E-state index in [2.05, 4.69) is 76.5 Å². The molecule has 9 aromatic rings. The van der Waals surface area contributed by atoms with E-state index in [1.165, 1.54) is 82.5 Å². The van der Waals surface area contributed by atoms with Crippen molar-refractivity contribution in [3.63, 3.8) is 0 Å². The molecule has 3 spiro atoms. The van der Waals surface area contributed by atoms with Crippen LogP contribution in [0.2, 0.25) is 5.02 Å². The highest BCUT2D eigenvalue weighted by atomic mass is 35.5. The molecular formula is C81H91ClF3N15O8. The first-order chi connectivity index (χ1) is 51.8. The molecule has 0 atom stereocenters. The minimum atomic E-state index is -0.505. The molecule has 1 saturated carbocycles. The van der Waals surface area contributed by atoms with Crippen LogP contribution in [0.1, 0.15) is 69.9 Å². The predicted molar refractivity (Wildman–Crippen MR) is 417 cm³/mol. The van der Waals surface area contributed by atoms with E-state index in [0.717, 1.165) is 105 Å². The number of hydrogen-bond donors (Lipinski definition) is 6. The van der Waals surface area contributed by atoms with Gasteiger partial charge in [0.25, 0.3) is 0 Å². The van der Waals surface area contributed by atoms with Gasteiger partial charge in [0.1, 0.15) is 71.1 Å². The van der Waals surface area contributed by atoms with Crippen LogP contribution >= 0.6 is 11.6 Å². The quantitative estimate of drug-likeness (QED) is 0.0366. The molecule has 6 N–H and O–H groups in total. The number of nitrogens with zero attached hydrogens (tertiary/aromatic N) is 9. The number of halogens is 4. The first kappa shape index (κ1) is 77.3. The maximum absolute atomic E-state index is 13.7. The molecule has 566 valence electrons. The highest BCUT2D eigenvalue weighted by molar-refractivity contribution is 6.31. The second kappa shape index (κ2) is 34.7. The lowest BCUT2D eigenvalue weighted by atomic mass is 9.77. The molecule has 5 saturated heterocycles. The van der Waals surface area contributed by atoms with Crippen molar-refractivity contribution in [1.29, 1.82) is 0 Å². The summed E-state index contributed by atoms with van der Waals surface area (Å²) in [6.45, 7) is 15.4. The number of aryl methyl sites for hydroxylation is 2. The lowest BCUT2D eigenvalue weighted by Crippen LogP contribution is -2.54. The number of likely N-dealkylation sites (tertiary alicyclic amines) is 3. The predicted octanol–water partition coefficient (Wildman–Crippen LogP) is 15.1. The Hall–Kier alpha value is -10.4. The number of aromatic nitrogens is 6. The molecule has 27 heteroatoms. The molecule has 108 heavy (non-hydrogen) atoms.